The number of amides is 4. The predicted molar refractivity (Wildman–Crippen MR) is 129 cm³/mol. The molecular formula is C26H32N4O3. The second-order valence-corrected chi connectivity index (χ2v) is 9.13. The number of urea groups is 1. The molecule has 33 heavy (non-hydrogen) atoms. The van der Waals surface area contributed by atoms with Gasteiger partial charge in [-0.2, -0.15) is 0 Å². The van der Waals surface area contributed by atoms with E-state index in [2.05, 4.69) is 28.5 Å². The Kier molecular flexibility index (Phi) is 6.40. The highest BCUT2D eigenvalue weighted by Crippen LogP contribution is 2.30. The molecule has 2 aromatic carbocycles. The molecule has 4 amide bonds. The Hall–Kier alpha value is -3.35. The van der Waals surface area contributed by atoms with E-state index in [1.54, 1.807) is 6.92 Å². The van der Waals surface area contributed by atoms with Gasteiger partial charge in [-0.05, 0) is 68.0 Å². The molecule has 2 heterocycles. The number of aryl methyl sites for hydroxylation is 2. The van der Waals surface area contributed by atoms with Gasteiger partial charge in [0, 0.05) is 24.5 Å². The van der Waals surface area contributed by atoms with Crippen LogP contribution in [0.3, 0.4) is 0 Å². The molecular weight excluding hydrogens is 416 g/mol. The van der Waals surface area contributed by atoms with Crippen molar-refractivity contribution in [3.05, 3.63) is 59.2 Å². The van der Waals surface area contributed by atoms with Gasteiger partial charge < -0.3 is 15.5 Å². The van der Waals surface area contributed by atoms with Crippen LogP contribution in [-0.2, 0) is 21.5 Å². The lowest BCUT2D eigenvalue weighted by Gasteiger charge is -2.22. The van der Waals surface area contributed by atoms with Crippen LogP contribution in [0.5, 0.6) is 0 Å². The van der Waals surface area contributed by atoms with Crippen molar-refractivity contribution >= 4 is 29.2 Å². The lowest BCUT2D eigenvalue weighted by Crippen LogP contribution is -2.42. The van der Waals surface area contributed by atoms with E-state index in [1.165, 1.54) is 18.4 Å². The van der Waals surface area contributed by atoms with Crippen LogP contribution in [0.1, 0.15) is 49.8 Å². The van der Waals surface area contributed by atoms with E-state index in [4.69, 9.17) is 0 Å². The summed E-state index contributed by atoms with van der Waals surface area (Å²) in [7, 11) is 0. The maximum absolute atomic E-state index is 13.2. The fraction of sp³-hybridized carbons (Fsp3) is 0.423. The van der Waals surface area contributed by atoms with E-state index in [0.29, 0.717) is 11.3 Å². The zero-order valence-corrected chi connectivity index (χ0v) is 19.6. The van der Waals surface area contributed by atoms with Gasteiger partial charge in [-0.3, -0.25) is 14.5 Å². The molecule has 0 aliphatic carbocycles. The smallest absolute Gasteiger partial charge is 0.325 e. The zero-order chi connectivity index (χ0) is 23.6. The summed E-state index contributed by atoms with van der Waals surface area (Å²) in [5.74, 6) is -0.829. The first-order valence-electron chi connectivity index (χ1n) is 11.7. The Balaban J connectivity index is 1.42. The van der Waals surface area contributed by atoms with Crippen LogP contribution in [0.25, 0.3) is 0 Å². The van der Waals surface area contributed by atoms with Crippen LogP contribution < -0.4 is 15.5 Å². The number of anilines is 2. The molecule has 7 heteroatoms. The van der Waals surface area contributed by atoms with Crippen LogP contribution in [0.2, 0.25) is 0 Å². The molecule has 174 valence electrons. The largest absolute Gasteiger partial charge is 0.372 e. The first-order chi connectivity index (χ1) is 15.8. The summed E-state index contributed by atoms with van der Waals surface area (Å²) in [6.07, 6.45) is 4.40. The molecule has 1 unspecified atom stereocenters. The maximum Gasteiger partial charge on any atom is 0.325 e. The zero-order valence-electron chi connectivity index (χ0n) is 19.6. The molecule has 2 N–H and O–H groups in total. The summed E-state index contributed by atoms with van der Waals surface area (Å²) >= 11 is 0. The van der Waals surface area contributed by atoms with Crippen molar-refractivity contribution in [2.45, 2.75) is 52.0 Å². The first-order valence-corrected chi connectivity index (χ1v) is 11.7. The Morgan fingerprint density at radius 1 is 1.09 bits per heavy atom. The molecule has 2 saturated heterocycles. The lowest BCUT2D eigenvalue weighted by molar-refractivity contribution is -0.133. The number of hydrogen-bond donors (Lipinski definition) is 2. The van der Waals surface area contributed by atoms with Gasteiger partial charge in [0.2, 0.25) is 5.91 Å². The van der Waals surface area contributed by atoms with Crippen LogP contribution in [-0.4, -0.2) is 42.4 Å². The highest BCUT2D eigenvalue weighted by Gasteiger charge is 2.49. The standard InChI is InChI=1S/C26H32N4O3/c1-4-7-19-8-10-20(11-9-19)26(3)24(32)30(25(33)28-26)17-23(31)27-22-13-12-21(16-18(22)2)29-14-5-6-15-29/h8-13,16H,4-7,14-15,17H2,1-3H3,(H,27,31)(H,28,33). The van der Waals surface area contributed by atoms with Gasteiger partial charge >= 0.3 is 6.03 Å². The van der Waals surface area contributed by atoms with E-state index in [0.717, 1.165) is 42.1 Å². The maximum atomic E-state index is 13.2. The van der Waals surface area contributed by atoms with Crippen LogP contribution in [0.4, 0.5) is 16.2 Å². The number of benzene rings is 2. The third kappa shape index (κ3) is 4.58. The molecule has 0 bridgehead atoms. The van der Waals surface area contributed by atoms with Gasteiger partial charge in [-0.1, -0.05) is 37.6 Å². The highest BCUT2D eigenvalue weighted by molar-refractivity contribution is 6.10. The van der Waals surface area contributed by atoms with Crippen molar-refractivity contribution in [3.63, 3.8) is 0 Å². The molecule has 0 saturated carbocycles. The third-order valence-electron chi connectivity index (χ3n) is 6.60. The molecule has 0 aromatic heterocycles. The van der Waals surface area contributed by atoms with E-state index >= 15 is 0 Å². The Morgan fingerprint density at radius 3 is 2.42 bits per heavy atom. The molecule has 0 spiro atoms. The van der Waals surface area contributed by atoms with E-state index < -0.39 is 23.4 Å². The van der Waals surface area contributed by atoms with Crippen molar-refractivity contribution in [2.24, 2.45) is 0 Å². The summed E-state index contributed by atoms with van der Waals surface area (Å²) in [6, 6.07) is 13.1. The summed E-state index contributed by atoms with van der Waals surface area (Å²) < 4.78 is 0. The Labute approximate surface area is 195 Å². The monoisotopic (exact) mass is 448 g/mol. The summed E-state index contributed by atoms with van der Waals surface area (Å²) in [4.78, 5) is 41.8. The number of nitrogens with zero attached hydrogens (tertiary/aromatic N) is 2. The Bertz CT molecular complexity index is 1060. The Morgan fingerprint density at radius 2 is 1.79 bits per heavy atom. The second-order valence-electron chi connectivity index (χ2n) is 9.13. The average molecular weight is 449 g/mol. The predicted octanol–water partition coefficient (Wildman–Crippen LogP) is 3.95. The number of hydrogen-bond acceptors (Lipinski definition) is 4. The van der Waals surface area contributed by atoms with Gasteiger partial charge in [0.25, 0.3) is 5.91 Å². The second kappa shape index (κ2) is 9.25. The van der Waals surface area contributed by atoms with E-state index in [-0.39, 0.29) is 6.54 Å². The minimum Gasteiger partial charge on any atom is -0.372 e. The molecule has 2 aliphatic rings. The minimum atomic E-state index is -1.19. The fourth-order valence-electron chi connectivity index (χ4n) is 4.62. The SMILES string of the molecule is CCCc1ccc(C2(C)NC(=O)N(CC(=O)Nc3ccc(N4CCCC4)cc3C)C2=O)cc1. The van der Waals surface area contributed by atoms with Crippen LogP contribution in [0, 0.1) is 6.92 Å². The van der Waals surface area contributed by atoms with Crippen molar-refractivity contribution < 1.29 is 14.4 Å². The minimum absolute atomic E-state index is 0.332. The summed E-state index contributed by atoms with van der Waals surface area (Å²) in [5.41, 5.74) is 3.49. The molecule has 4 rings (SSSR count). The normalized spacial score (nSPS) is 20.3. The number of rotatable bonds is 7. The first kappa shape index (κ1) is 22.8. The highest BCUT2D eigenvalue weighted by atomic mass is 16.2. The number of imide groups is 1. The molecule has 7 nitrogen and oxygen atoms in total. The number of carbonyl (C=O) groups excluding carboxylic acids is 3. The quantitative estimate of drug-likeness (QED) is 0.629. The van der Waals surface area contributed by atoms with Crippen LogP contribution >= 0.6 is 0 Å². The molecule has 0 radical (unpaired) electrons. The van der Waals surface area contributed by atoms with Crippen molar-refractivity contribution in [1.29, 1.82) is 0 Å². The summed E-state index contributed by atoms with van der Waals surface area (Å²) in [6.45, 7) is 7.52. The van der Waals surface area contributed by atoms with Gasteiger partial charge in [0.1, 0.15) is 12.1 Å². The lowest BCUT2D eigenvalue weighted by atomic mass is 9.91. The third-order valence-corrected chi connectivity index (χ3v) is 6.60. The topological polar surface area (TPSA) is 81.8 Å². The molecule has 2 aliphatic heterocycles. The van der Waals surface area contributed by atoms with Gasteiger partial charge in [-0.25, -0.2) is 4.79 Å². The molecule has 1 atom stereocenters. The summed E-state index contributed by atoms with van der Waals surface area (Å²) in [5, 5.41) is 5.62. The number of nitrogens with one attached hydrogen (secondary N) is 2. The van der Waals surface area contributed by atoms with Crippen molar-refractivity contribution in [1.82, 2.24) is 10.2 Å². The van der Waals surface area contributed by atoms with Crippen LogP contribution in [0.15, 0.2) is 42.5 Å². The fourth-order valence-corrected chi connectivity index (χ4v) is 4.62. The van der Waals surface area contributed by atoms with Crippen molar-refractivity contribution in [3.8, 4) is 0 Å². The average Bonchev–Trinajstić information content (AvgIpc) is 3.40. The van der Waals surface area contributed by atoms with E-state index in [9.17, 15) is 14.4 Å². The molecule has 2 fully saturated rings. The van der Waals surface area contributed by atoms with Crippen molar-refractivity contribution in [2.75, 3.05) is 29.9 Å². The van der Waals surface area contributed by atoms with E-state index in [1.807, 2.05) is 43.3 Å². The van der Waals surface area contributed by atoms with Gasteiger partial charge in [0.05, 0.1) is 0 Å². The molecule has 2 aromatic rings. The number of carbonyl (C=O) groups is 3. The van der Waals surface area contributed by atoms with Gasteiger partial charge in [0.15, 0.2) is 0 Å². The van der Waals surface area contributed by atoms with Gasteiger partial charge in [-0.15, -0.1) is 0 Å².